The second kappa shape index (κ2) is 6.82. The molecule has 0 bridgehead atoms. The van der Waals surface area contributed by atoms with Crippen molar-refractivity contribution in [3.63, 3.8) is 0 Å². The highest BCUT2D eigenvalue weighted by Gasteiger charge is 2.28. The van der Waals surface area contributed by atoms with Crippen LogP contribution in [0.2, 0.25) is 0 Å². The molecule has 0 spiro atoms. The molecule has 0 amide bonds. The third kappa shape index (κ3) is 4.52. The van der Waals surface area contributed by atoms with E-state index in [9.17, 15) is 0 Å². The Labute approximate surface area is 105 Å². The summed E-state index contributed by atoms with van der Waals surface area (Å²) in [5, 5.41) is 3.47. The number of nitrogens with one attached hydrogen (secondary N) is 1. The number of hydrogen-bond acceptors (Lipinski definition) is 3. The summed E-state index contributed by atoms with van der Waals surface area (Å²) in [7, 11) is 1.73. The molecule has 0 fully saturated rings. The van der Waals surface area contributed by atoms with Crippen molar-refractivity contribution in [1.29, 1.82) is 0 Å². The van der Waals surface area contributed by atoms with Crippen LogP contribution < -0.4 is 5.32 Å². The Balaban J connectivity index is 2.50. The Morgan fingerprint density at radius 3 is 2.76 bits per heavy atom. The van der Waals surface area contributed by atoms with E-state index in [4.69, 9.17) is 9.15 Å². The SMILES string of the molecule is COCCNCC(C)(Cc1ccoc1)C(C)C. The first-order valence-corrected chi connectivity index (χ1v) is 6.29. The second-order valence-electron chi connectivity index (χ2n) is 5.29. The number of furan rings is 1. The molecule has 1 rings (SSSR count). The van der Waals surface area contributed by atoms with Crippen LogP contribution in [0.25, 0.3) is 0 Å². The van der Waals surface area contributed by atoms with Gasteiger partial charge in [0, 0.05) is 20.2 Å². The predicted octanol–water partition coefficient (Wildman–Crippen LogP) is 2.72. The predicted molar refractivity (Wildman–Crippen MR) is 70.1 cm³/mol. The maximum absolute atomic E-state index is 5.14. The van der Waals surface area contributed by atoms with Crippen molar-refractivity contribution in [2.24, 2.45) is 11.3 Å². The molecule has 0 aliphatic heterocycles. The number of rotatable bonds is 8. The lowest BCUT2D eigenvalue weighted by atomic mass is 9.74. The highest BCUT2D eigenvalue weighted by atomic mass is 16.5. The highest BCUT2D eigenvalue weighted by molar-refractivity contribution is 5.09. The average Bonchev–Trinajstić information content (AvgIpc) is 2.77. The van der Waals surface area contributed by atoms with E-state index in [1.54, 1.807) is 13.4 Å². The van der Waals surface area contributed by atoms with Crippen LogP contribution in [0.5, 0.6) is 0 Å². The van der Waals surface area contributed by atoms with Crippen molar-refractivity contribution in [2.45, 2.75) is 27.2 Å². The van der Waals surface area contributed by atoms with Gasteiger partial charge >= 0.3 is 0 Å². The summed E-state index contributed by atoms with van der Waals surface area (Å²) in [5.41, 5.74) is 1.52. The molecule has 3 heteroatoms. The van der Waals surface area contributed by atoms with Crippen molar-refractivity contribution in [1.82, 2.24) is 5.32 Å². The van der Waals surface area contributed by atoms with Gasteiger partial charge in [0.05, 0.1) is 19.1 Å². The van der Waals surface area contributed by atoms with E-state index in [0.29, 0.717) is 5.92 Å². The first-order valence-electron chi connectivity index (χ1n) is 6.29. The van der Waals surface area contributed by atoms with Gasteiger partial charge in [-0.15, -0.1) is 0 Å². The molecule has 0 radical (unpaired) electrons. The molecule has 0 saturated carbocycles. The van der Waals surface area contributed by atoms with Gasteiger partial charge in [-0.05, 0) is 29.4 Å². The zero-order valence-corrected chi connectivity index (χ0v) is 11.5. The van der Waals surface area contributed by atoms with Gasteiger partial charge in [-0.1, -0.05) is 20.8 Å². The molecule has 0 aliphatic carbocycles. The van der Waals surface area contributed by atoms with E-state index in [1.807, 2.05) is 6.26 Å². The van der Waals surface area contributed by atoms with Gasteiger partial charge in [-0.2, -0.15) is 0 Å². The van der Waals surface area contributed by atoms with Crippen molar-refractivity contribution in [3.8, 4) is 0 Å². The molecule has 1 unspecified atom stereocenters. The van der Waals surface area contributed by atoms with Crippen LogP contribution in [0.15, 0.2) is 23.0 Å². The Bertz CT molecular complexity index is 295. The summed E-state index contributed by atoms with van der Waals surface area (Å²) in [4.78, 5) is 0. The topological polar surface area (TPSA) is 34.4 Å². The fourth-order valence-electron chi connectivity index (χ4n) is 1.88. The van der Waals surface area contributed by atoms with Gasteiger partial charge in [-0.25, -0.2) is 0 Å². The highest BCUT2D eigenvalue weighted by Crippen LogP contribution is 2.30. The number of ether oxygens (including phenoxy) is 1. The molecule has 1 heterocycles. The van der Waals surface area contributed by atoms with Crippen LogP contribution in [0.3, 0.4) is 0 Å². The first kappa shape index (κ1) is 14.3. The van der Waals surface area contributed by atoms with Crippen molar-refractivity contribution < 1.29 is 9.15 Å². The Kier molecular flexibility index (Phi) is 5.72. The summed E-state index contributed by atoms with van der Waals surface area (Å²) in [6.45, 7) is 9.55. The Morgan fingerprint density at radius 1 is 1.47 bits per heavy atom. The minimum atomic E-state index is 0.248. The lowest BCUT2D eigenvalue weighted by Gasteiger charge is -2.34. The fourth-order valence-corrected chi connectivity index (χ4v) is 1.88. The summed E-state index contributed by atoms with van der Waals surface area (Å²) in [5.74, 6) is 0.618. The quantitative estimate of drug-likeness (QED) is 0.708. The van der Waals surface area contributed by atoms with Gasteiger partial charge in [0.15, 0.2) is 0 Å². The van der Waals surface area contributed by atoms with Crippen LogP contribution in [0, 0.1) is 11.3 Å². The second-order valence-corrected chi connectivity index (χ2v) is 5.29. The molecule has 1 aromatic heterocycles. The van der Waals surface area contributed by atoms with Crippen LogP contribution in [0.1, 0.15) is 26.3 Å². The molecule has 0 saturated heterocycles. The van der Waals surface area contributed by atoms with E-state index in [2.05, 4.69) is 32.2 Å². The lowest BCUT2D eigenvalue weighted by molar-refractivity contribution is 0.175. The van der Waals surface area contributed by atoms with Crippen LogP contribution in [0.4, 0.5) is 0 Å². The zero-order chi connectivity index (χ0) is 12.7. The molecular formula is C14H25NO2. The van der Waals surface area contributed by atoms with E-state index < -0.39 is 0 Å². The molecule has 0 aromatic carbocycles. The summed E-state index contributed by atoms with van der Waals surface area (Å²) >= 11 is 0. The van der Waals surface area contributed by atoms with Gasteiger partial charge < -0.3 is 14.5 Å². The van der Waals surface area contributed by atoms with Crippen molar-refractivity contribution in [2.75, 3.05) is 26.8 Å². The average molecular weight is 239 g/mol. The Morgan fingerprint density at radius 2 is 2.24 bits per heavy atom. The monoisotopic (exact) mass is 239 g/mol. The lowest BCUT2D eigenvalue weighted by Crippen LogP contribution is -2.39. The van der Waals surface area contributed by atoms with Gasteiger partial charge in [-0.3, -0.25) is 0 Å². The molecular weight excluding hydrogens is 214 g/mol. The molecule has 17 heavy (non-hydrogen) atoms. The maximum atomic E-state index is 5.14. The van der Waals surface area contributed by atoms with Crippen molar-refractivity contribution >= 4 is 0 Å². The smallest absolute Gasteiger partial charge is 0.0934 e. The summed E-state index contributed by atoms with van der Waals surface area (Å²) in [6, 6.07) is 2.05. The van der Waals surface area contributed by atoms with Crippen molar-refractivity contribution in [3.05, 3.63) is 24.2 Å². The maximum Gasteiger partial charge on any atom is 0.0934 e. The van der Waals surface area contributed by atoms with Gasteiger partial charge in [0.25, 0.3) is 0 Å². The number of hydrogen-bond donors (Lipinski definition) is 1. The van der Waals surface area contributed by atoms with Gasteiger partial charge in [0.1, 0.15) is 0 Å². The van der Waals surface area contributed by atoms with Gasteiger partial charge in [0.2, 0.25) is 0 Å². The van der Waals surface area contributed by atoms with Crippen LogP contribution in [-0.2, 0) is 11.2 Å². The number of methoxy groups -OCH3 is 1. The van der Waals surface area contributed by atoms with Crippen LogP contribution in [-0.4, -0.2) is 26.8 Å². The minimum absolute atomic E-state index is 0.248. The normalized spacial score (nSPS) is 15.1. The third-order valence-corrected chi connectivity index (χ3v) is 3.59. The molecule has 98 valence electrons. The van der Waals surface area contributed by atoms with E-state index in [0.717, 1.165) is 26.1 Å². The molecule has 1 N–H and O–H groups in total. The zero-order valence-electron chi connectivity index (χ0n) is 11.5. The summed E-state index contributed by atoms with van der Waals surface area (Å²) < 4.78 is 10.2. The standard InChI is InChI=1S/C14H25NO2/c1-12(2)14(3,11-15-6-8-16-4)9-13-5-7-17-10-13/h5,7,10,12,15H,6,8-9,11H2,1-4H3. The van der Waals surface area contributed by atoms with Crippen LogP contribution >= 0.6 is 0 Å². The molecule has 1 atom stereocenters. The molecule has 0 aliphatic rings. The Hall–Kier alpha value is -0.800. The summed E-state index contributed by atoms with van der Waals surface area (Å²) in [6.07, 6.45) is 4.63. The van der Waals surface area contributed by atoms with E-state index in [-0.39, 0.29) is 5.41 Å². The minimum Gasteiger partial charge on any atom is -0.472 e. The largest absolute Gasteiger partial charge is 0.472 e. The molecule has 3 nitrogen and oxygen atoms in total. The van der Waals surface area contributed by atoms with E-state index >= 15 is 0 Å². The first-order chi connectivity index (χ1) is 8.08. The third-order valence-electron chi connectivity index (χ3n) is 3.59. The fraction of sp³-hybridized carbons (Fsp3) is 0.714. The molecule has 1 aromatic rings. The van der Waals surface area contributed by atoms with E-state index in [1.165, 1.54) is 5.56 Å².